The van der Waals surface area contributed by atoms with E-state index in [4.69, 9.17) is 2.82 Å². The molecule has 1 aliphatic carbocycles. The van der Waals surface area contributed by atoms with Crippen LogP contribution < -0.4 is 5.72 Å². The molecule has 11 heavy (non-hydrogen) atoms. The van der Waals surface area contributed by atoms with Crippen LogP contribution in [0.3, 0.4) is 0 Å². The summed E-state index contributed by atoms with van der Waals surface area (Å²) in [5.74, 6) is 0. The second-order valence-corrected chi connectivity index (χ2v) is 3.71. The van der Waals surface area contributed by atoms with E-state index >= 15 is 0 Å². The number of hydrogen-bond donors (Lipinski definition) is 1. The number of hydrogen-bond acceptors (Lipinski definition) is 1. The van der Waals surface area contributed by atoms with Crippen molar-refractivity contribution in [2.75, 3.05) is 6.54 Å². The van der Waals surface area contributed by atoms with Crippen LogP contribution in [0.15, 0.2) is 12.7 Å². The van der Waals surface area contributed by atoms with Crippen molar-refractivity contribution in [3.05, 3.63) is 12.7 Å². The molecule has 64 valence electrons. The van der Waals surface area contributed by atoms with Crippen molar-refractivity contribution < 1.29 is 2.82 Å². The van der Waals surface area contributed by atoms with Gasteiger partial charge in [-0.1, -0.05) is 25.3 Å². The van der Waals surface area contributed by atoms with E-state index in [1.54, 1.807) is 0 Å². The molecule has 1 rings (SSSR count). The largest absolute Gasteiger partial charge is 0.330 e. The molecule has 1 nitrogen and oxygen atoms in total. The van der Waals surface area contributed by atoms with Crippen molar-refractivity contribution in [3.8, 4) is 0 Å². The van der Waals surface area contributed by atoms with Crippen LogP contribution in [0.25, 0.3) is 0 Å². The first kappa shape index (κ1) is 6.24. The zero-order chi connectivity index (χ0) is 9.73. The Morgan fingerprint density at radius 3 is 2.73 bits per heavy atom. The van der Waals surface area contributed by atoms with Crippen molar-refractivity contribution in [1.29, 1.82) is 0 Å². The minimum Gasteiger partial charge on any atom is -0.330 e. The number of allylic oxidation sites excluding steroid dienone is 1. The molecular weight excluding hydrogens is 134 g/mol. The summed E-state index contributed by atoms with van der Waals surface area (Å²) in [4.78, 5) is 0. The van der Waals surface area contributed by atoms with Gasteiger partial charge in [0.1, 0.15) is 2.82 Å². The van der Waals surface area contributed by atoms with Gasteiger partial charge in [-0.2, -0.15) is 0 Å². The van der Waals surface area contributed by atoms with Gasteiger partial charge in [0.25, 0.3) is 0 Å². The third-order valence-electron chi connectivity index (χ3n) is 2.83. The topological polar surface area (TPSA) is 26.0 Å². The molecule has 0 aromatic rings. The molecule has 0 amide bonds. The quantitative estimate of drug-likeness (QED) is 0.620. The fourth-order valence-corrected chi connectivity index (χ4v) is 2.03. The Labute approximate surface area is 72.6 Å². The van der Waals surface area contributed by atoms with Gasteiger partial charge in [-0.3, -0.25) is 0 Å². The summed E-state index contributed by atoms with van der Waals surface area (Å²) in [5, 5.41) is 0. The lowest BCUT2D eigenvalue weighted by Crippen LogP contribution is -2.32. The molecular formula is C10H19N. The third kappa shape index (κ3) is 2.06. The van der Waals surface area contributed by atoms with E-state index in [1.165, 1.54) is 19.3 Å². The van der Waals surface area contributed by atoms with Gasteiger partial charge in [-0.15, -0.1) is 6.58 Å². The highest BCUT2D eigenvalue weighted by molar-refractivity contribution is 4.89. The van der Waals surface area contributed by atoms with Gasteiger partial charge in [0.15, 0.2) is 0 Å². The minimum absolute atomic E-state index is 0.184. The minimum atomic E-state index is 0.184. The summed E-state index contributed by atoms with van der Waals surface area (Å²) in [6, 6.07) is 0. The van der Waals surface area contributed by atoms with Crippen LogP contribution in [0.5, 0.6) is 0 Å². The van der Waals surface area contributed by atoms with Crippen molar-refractivity contribution in [2.45, 2.75) is 38.5 Å². The molecule has 0 atom stereocenters. The third-order valence-corrected chi connectivity index (χ3v) is 2.83. The summed E-state index contributed by atoms with van der Waals surface area (Å²) < 4.78 is 14.4. The second kappa shape index (κ2) is 3.91. The molecule has 0 radical (unpaired) electrons. The van der Waals surface area contributed by atoms with E-state index in [0.717, 1.165) is 25.0 Å². The molecule has 0 heterocycles. The maximum Gasteiger partial charge on any atom is 0.118 e. The molecule has 2 N–H and O–H groups in total. The normalized spacial score (nSPS) is 25.9. The van der Waals surface area contributed by atoms with Gasteiger partial charge < -0.3 is 5.72 Å². The average Bonchev–Trinajstić information content (AvgIpc) is 2.04. The maximum atomic E-state index is 7.18. The zero-order valence-corrected chi connectivity index (χ0v) is 7.18. The molecule has 0 aromatic carbocycles. The summed E-state index contributed by atoms with van der Waals surface area (Å²) in [7, 11) is 0. The van der Waals surface area contributed by atoms with Crippen LogP contribution in [0, 0.1) is 5.41 Å². The van der Waals surface area contributed by atoms with E-state index < -0.39 is 0 Å². The zero-order valence-electron chi connectivity index (χ0n) is 9.18. The predicted molar refractivity (Wildman–Crippen MR) is 49.4 cm³/mol. The lowest BCUT2D eigenvalue weighted by atomic mass is 9.72. The first-order valence-electron chi connectivity index (χ1n) is 5.44. The highest BCUT2D eigenvalue weighted by atomic mass is 14.6. The first-order valence-corrected chi connectivity index (χ1v) is 4.55. The molecule has 0 spiro atoms. The highest BCUT2D eigenvalue weighted by Gasteiger charge is 2.28. The summed E-state index contributed by atoms with van der Waals surface area (Å²) >= 11 is 0. The molecule has 1 aliphatic rings. The Balaban J connectivity index is 2.55. The summed E-state index contributed by atoms with van der Waals surface area (Å²) in [5.41, 5.74) is 1.01. The van der Waals surface area contributed by atoms with E-state index in [-0.39, 0.29) is 5.41 Å². The molecule has 0 unspecified atom stereocenters. The molecule has 1 saturated carbocycles. The van der Waals surface area contributed by atoms with Crippen LogP contribution in [-0.2, 0) is 0 Å². The fourth-order valence-electron chi connectivity index (χ4n) is 2.03. The lowest BCUT2D eigenvalue weighted by Gasteiger charge is -2.35. The Bertz CT molecular complexity index is 162. The Morgan fingerprint density at radius 1 is 1.45 bits per heavy atom. The SMILES string of the molecule is [2H]N([2H])CC1(CC=C)CCCCC1. The van der Waals surface area contributed by atoms with Gasteiger partial charge in [0.2, 0.25) is 0 Å². The second-order valence-electron chi connectivity index (χ2n) is 3.71. The van der Waals surface area contributed by atoms with Gasteiger partial charge in [-0.25, -0.2) is 0 Å². The predicted octanol–water partition coefficient (Wildman–Crippen LogP) is 2.47. The Kier molecular flexibility index (Phi) is 2.22. The monoisotopic (exact) mass is 155 g/mol. The van der Waals surface area contributed by atoms with Crippen molar-refractivity contribution in [1.82, 2.24) is 0 Å². The van der Waals surface area contributed by atoms with E-state index in [9.17, 15) is 0 Å². The van der Waals surface area contributed by atoms with Gasteiger partial charge in [0.05, 0.1) is 0 Å². The van der Waals surface area contributed by atoms with E-state index in [1.807, 2.05) is 6.08 Å². The highest BCUT2D eigenvalue weighted by Crippen LogP contribution is 2.38. The van der Waals surface area contributed by atoms with Crippen molar-refractivity contribution in [2.24, 2.45) is 11.1 Å². The summed E-state index contributed by atoms with van der Waals surface area (Å²) in [6.07, 6.45) is 9.04. The molecule has 0 aromatic heterocycles. The van der Waals surface area contributed by atoms with Crippen molar-refractivity contribution >= 4 is 0 Å². The standard InChI is InChI=1S/C10H19N/c1-2-6-10(9-11)7-4-3-5-8-10/h2H,1,3-9,11H2/i/hD2. The van der Waals surface area contributed by atoms with Crippen LogP contribution in [-0.4, -0.2) is 6.54 Å². The first-order chi connectivity index (χ1) is 6.18. The smallest absolute Gasteiger partial charge is 0.118 e. The van der Waals surface area contributed by atoms with Gasteiger partial charge in [-0.05, 0) is 31.2 Å². The number of nitrogens with two attached hydrogens (primary N) is 1. The average molecular weight is 155 g/mol. The molecule has 1 heteroatoms. The summed E-state index contributed by atoms with van der Waals surface area (Å²) in [6.45, 7) is 4.33. The Hall–Kier alpha value is -0.300. The van der Waals surface area contributed by atoms with Crippen LogP contribution >= 0.6 is 0 Å². The molecule has 0 bridgehead atoms. The van der Waals surface area contributed by atoms with E-state index in [2.05, 4.69) is 6.58 Å². The van der Waals surface area contributed by atoms with E-state index in [0.29, 0.717) is 6.54 Å². The lowest BCUT2D eigenvalue weighted by molar-refractivity contribution is 0.202. The molecule has 0 saturated heterocycles. The van der Waals surface area contributed by atoms with Crippen LogP contribution in [0.1, 0.15) is 38.5 Å². The van der Waals surface area contributed by atoms with Crippen LogP contribution in [0.4, 0.5) is 0 Å². The fraction of sp³-hybridized carbons (Fsp3) is 0.800. The van der Waals surface area contributed by atoms with Gasteiger partial charge >= 0.3 is 0 Å². The molecule has 1 fully saturated rings. The van der Waals surface area contributed by atoms with Gasteiger partial charge in [0, 0.05) is 0 Å². The van der Waals surface area contributed by atoms with Crippen molar-refractivity contribution in [3.63, 3.8) is 0 Å². The number of rotatable bonds is 4. The Morgan fingerprint density at radius 2 is 2.18 bits per heavy atom. The molecule has 0 aliphatic heterocycles. The maximum absolute atomic E-state index is 7.18. The van der Waals surface area contributed by atoms with Crippen LogP contribution in [0.2, 0.25) is 2.82 Å².